The van der Waals surface area contributed by atoms with Crippen molar-refractivity contribution in [1.29, 1.82) is 0 Å². The molecule has 0 aliphatic rings. The summed E-state index contributed by atoms with van der Waals surface area (Å²) in [7, 11) is -1.68. The fraction of sp³-hybridized carbons (Fsp3) is 0.381. The van der Waals surface area contributed by atoms with Crippen LogP contribution in [0.25, 0.3) is 0 Å². The van der Waals surface area contributed by atoms with E-state index in [2.05, 4.69) is 5.32 Å². The first-order chi connectivity index (χ1) is 13.3. The second-order valence-corrected chi connectivity index (χ2v) is 8.52. The fourth-order valence-corrected chi connectivity index (χ4v) is 3.42. The maximum atomic E-state index is 12.7. The largest absolute Gasteiger partial charge is 0.497 e. The number of amides is 1. The lowest BCUT2D eigenvalue weighted by Gasteiger charge is -2.22. The van der Waals surface area contributed by atoms with Gasteiger partial charge in [0.15, 0.2) is 15.9 Å². The van der Waals surface area contributed by atoms with Gasteiger partial charge in [-0.2, -0.15) is 0 Å². The van der Waals surface area contributed by atoms with Gasteiger partial charge in [0.25, 0.3) is 5.91 Å². The van der Waals surface area contributed by atoms with E-state index >= 15 is 0 Å². The van der Waals surface area contributed by atoms with E-state index in [0.29, 0.717) is 24.3 Å². The van der Waals surface area contributed by atoms with Gasteiger partial charge in [-0.3, -0.25) is 4.79 Å². The van der Waals surface area contributed by atoms with Crippen LogP contribution in [0.4, 0.5) is 0 Å². The van der Waals surface area contributed by atoms with Crippen molar-refractivity contribution < 1.29 is 22.7 Å². The van der Waals surface area contributed by atoms with E-state index in [4.69, 9.17) is 9.47 Å². The summed E-state index contributed by atoms with van der Waals surface area (Å²) < 4.78 is 34.2. The molecule has 1 amide bonds. The van der Waals surface area contributed by atoms with Crippen molar-refractivity contribution >= 4 is 15.7 Å². The number of ether oxygens (including phenoxy) is 2. The number of carbonyl (C=O) groups excluding carboxylic acids is 1. The first kappa shape index (κ1) is 21.8. The summed E-state index contributed by atoms with van der Waals surface area (Å²) in [4.78, 5) is 13.0. The summed E-state index contributed by atoms with van der Waals surface area (Å²) in [5, 5.41) is 3.00. The first-order valence-electron chi connectivity index (χ1n) is 9.19. The third kappa shape index (κ3) is 5.73. The predicted octanol–water partition coefficient (Wildman–Crippen LogP) is 3.52. The molecule has 0 fully saturated rings. The molecule has 1 N–H and O–H groups in total. The predicted molar refractivity (Wildman–Crippen MR) is 108 cm³/mol. The SMILES string of the molecule is CC[C@H](Oc1cccc(OC)c1)C(=O)N[C@H](CC)c1ccc(S(C)(=O)=O)cc1. The Balaban J connectivity index is 2.10. The standard InChI is InChI=1S/C21H27NO5S/c1-5-19(15-10-12-18(13-11-15)28(4,24)25)22-21(23)20(6-2)27-17-9-7-8-16(14-17)26-3/h7-14,19-20H,5-6H2,1-4H3,(H,22,23)/t19-,20+/m1/s1. The highest BCUT2D eigenvalue weighted by Crippen LogP contribution is 2.22. The van der Waals surface area contributed by atoms with E-state index in [9.17, 15) is 13.2 Å². The van der Waals surface area contributed by atoms with E-state index < -0.39 is 15.9 Å². The minimum Gasteiger partial charge on any atom is -0.497 e. The van der Waals surface area contributed by atoms with Crippen LogP contribution in [0.1, 0.15) is 38.3 Å². The lowest BCUT2D eigenvalue weighted by Crippen LogP contribution is -2.39. The minimum absolute atomic E-state index is 0.218. The Kier molecular flexibility index (Phi) is 7.45. The van der Waals surface area contributed by atoms with E-state index in [0.717, 1.165) is 5.56 Å². The molecule has 2 aromatic rings. The minimum atomic E-state index is -3.25. The summed E-state index contributed by atoms with van der Waals surface area (Å²) in [5.74, 6) is 1.00. The normalized spacial score (nSPS) is 13.4. The van der Waals surface area contributed by atoms with Crippen LogP contribution < -0.4 is 14.8 Å². The number of rotatable bonds is 9. The number of hydrogen-bond acceptors (Lipinski definition) is 5. The van der Waals surface area contributed by atoms with Crippen molar-refractivity contribution in [3.8, 4) is 11.5 Å². The van der Waals surface area contributed by atoms with Crippen molar-refractivity contribution in [1.82, 2.24) is 5.32 Å². The summed E-state index contributed by atoms with van der Waals surface area (Å²) in [6.45, 7) is 3.84. The average molecular weight is 406 g/mol. The highest BCUT2D eigenvalue weighted by Gasteiger charge is 2.22. The molecule has 152 valence electrons. The van der Waals surface area contributed by atoms with E-state index in [1.54, 1.807) is 55.6 Å². The zero-order valence-corrected chi connectivity index (χ0v) is 17.5. The molecule has 0 aliphatic carbocycles. The Labute approximate surface area is 166 Å². The number of methoxy groups -OCH3 is 1. The van der Waals surface area contributed by atoms with Crippen molar-refractivity contribution in [2.75, 3.05) is 13.4 Å². The van der Waals surface area contributed by atoms with Gasteiger partial charge in [-0.25, -0.2) is 8.42 Å². The van der Waals surface area contributed by atoms with Gasteiger partial charge in [-0.05, 0) is 42.7 Å². The molecule has 2 aromatic carbocycles. The Morgan fingerprint density at radius 1 is 1.04 bits per heavy atom. The Morgan fingerprint density at radius 2 is 1.68 bits per heavy atom. The number of carbonyl (C=O) groups is 1. The highest BCUT2D eigenvalue weighted by molar-refractivity contribution is 7.90. The van der Waals surface area contributed by atoms with Gasteiger partial charge in [0, 0.05) is 12.3 Å². The second kappa shape index (κ2) is 9.59. The first-order valence-corrected chi connectivity index (χ1v) is 11.1. The molecule has 0 heterocycles. The van der Waals surface area contributed by atoms with Crippen molar-refractivity contribution in [3.63, 3.8) is 0 Å². The topological polar surface area (TPSA) is 81.7 Å². The van der Waals surface area contributed by atoms with Crippen LogP contribution in [-0.2, 0) is 14.6 Å². The fourth-order valence-electron chi connectivity index (χ4n) is 2.79. The van der Waals surface area contributed by atoms with E-state index in [-0.39, 0.29) is 16.8 Å². The number of sulfone groups is 1. The van der Waals surface area contributed by atoms with Gasteiger partial charge in [0.2, 0.25) is 0 Å². The summed E-state index contributed by atoms with van der Waals surface area (Å²) in [6.07, 6.45) is 1.70. The van der Waals surface area contributed by atoms with Crippen LogP contribution in [0, 0.1) is 0 Å². The average Bonchev–Trinajstić information content (AvgIpc) is 2.69. The molecule has 0 radical (unpaired) electrons. The molecule has 0 unspecified atom stereocenters. The molecule has 28 heavy (non-hydrogen) atoms. The Bertz CT molecular complexity index is 893. The molecule has 0 spiro atoms. The zero-order chi connectivity index (χ0) is 20.7. The molecular formula is C21H27NO5S. The Hall–Kier alpha value is -2.54. The third-order valence-corrected chi connectivity index (χ3v) is 5.55. The van der Waals surface area contributed by atoms with Gasteiger partial charge in [-0.15, -0.1) is 0 Å². The van der Waals surface area contributed by atoms with Crippen LogP contribution in [0.2, 0.25) is 0 Å². The number of hydrogen-bond donors (Lipinski definition) is 1. The van der Waals surface area contributed by atoms with E-state index in [1.165, 1.54) is 6.26 Å². The van der Waals surface area contributed by atoms with Crippen LogP contribution in [0.5, 0.6) is 11.5 Å². The summed E-state index contributed by atoms with van der Waals surface area (Å²) >= 11 is 0. The zero-order valence-electron chi connectivity index (χ0n) is 16.6. The van der Waals surface area contributed by atoms with Crippen LogP contribution >= 0.6 is 0 Å². The highest BCUT2D eigenvalue weighted by atomic mass is 32.2. The molecule has 2 atom stereocenters. The molecule has 0 saturated heterocycles. The molecule has 6 nitrogen and oxygen atoms in total. The quantitative estimate of drug-likeness (QED) is 0.690. The molecule has 0 aromatic heterocycles. The summed E-state index contributed by atoms with van der Waals surface area (Å²) in [5.41, 5.74) is 0.847. The lowest BCUT2D eigenvalue weighted by molar-refractivity contribution is -0.129. The molecule has 0 saturated carbocycles. The van der Waals surface area contributed by atoms with Gasteiger partial charge < -0.3 is 14.8 Å². The van der Waals surface area contributed by atoms with Crippen molar-refractivity contribution in [2.45, 2.75) is 43.7 Å². The number of benzene rings is 2. The van der Waals surface area contributed by atoms with E-state index in [1.807, 2.05) is 13.8 Å². The van der Waals surface area contributed by atoms with Gasteiger partial charge in [0.05, 0.1) is 18.0 Å². The maximum Gasteiger partial charge on any atom is 0.261 e. The smallest absolute Gasteiger partial charge is 0.261 e. The third-order valence-electron chi connectivity index (χ3n) is 4.42. The second-order valence-electron chi connectivity index (χ2n) is 6.50. The van der Waals surface area contributed by atoms with Gasteiger partial charge in [-0.1, -0.05) is 32.0 Å². The molecular weight excluding hydrogens is 378 g/mol. The van der Waals surface area contributed by atoms with Gasteiger partial charge in [0.1, 0.15) is 11.5 Å². The Morgan fingerprint density at radius 3 is 2.21 bits per heavy atom. The molecule has 0 bridgehead atoms. The number of nitrogens with one attached hydrogen (secondary N) is 1. The maximum absolute atomic E-state index is 12.7. The molecule has 0 aliphatic heterocycles. The summed E-state index contributed by atoms with van der Waals surface area (Å²) in [6, 6.07) is 13.5. The van der Waals surface area contributed by atoms with Crippen molar-refractivity contribution in [3.05, 3.63) is 54.1 Å². The van der Waals surface area contributed by atoms with Crippen molar-refractivity contribution in [2.24, 2.45) is 0 Å². The van der Waals surface area contributed by atoms with Crippen LogP contribution in [0.3, 0.4) is 0 Å². The molecule has 7 heteroatoms. The van der Waals surface area contributed by atoms with Crippen LogP contribution in [0.15, 0.2) is 53.4 Å². The molecule has 2 rings (SSSR count). The lowest BCUT2D eigenvalue weighted by atomic mass is 10.0. The van der Waals surface area contributed by atoms with Crippen LogP contribution in [-0.4, -0.2) is 33.8 Å². The van der Waals surface area contributed by atoms with Gasteiger partial charge >= 0.3 is 0 Å². The monoisotopic (exact) mass is 405 g/mol.